The Balaban J connectivity index is 1.80. The fourth-order valence-corrected chi connectivity index (χ4v) is 4.09. The van der Waals surface area contributed by atoms with Crippen molar-refractivity contribution in [2.75, 3.05) is 16.3 Å². The molecule has 0 aliphatic carbocycles. The third kappa shape index (κ3) is 4.22. The first kappa shape index (κ1) is 21.6. The van der Waals surface area contributed by atoms with Crippen molar-refractivity contribution < 1.29 is 9.59 Å². The molecule has 1 aliphatic heterocycles. The van der Waals surface area contributed by atoms with Gasteiger partial charge in [0.25, 0.3) is 5.91 Å². The predicted molar refractivity (Wildman–Crippen MR) is 131 cm³/mol. The maximum Gasteiger partial charge on any atom is 0.254 e. The van der Waals surface area contributed by atoms with E-state index in [1.165, 1.54) is 0 Å². The molecule has 4 heteroatoms. The molecule has 0 unspecified atom stereocenters. The Kier molecular flexibility index (Phi) is 5.95. The van der Waals surface area contributed by atoms with Gasteiger partial charge in [-0.15, -0.1) is 0 Å². The Bertz CT molecular complexity index is 1180. The molecule has 0 spiro atoms. The van der Waals surface area contributed by atoms with Crippen LogP contribution in [-0.2, 0) is 9.59 Å². The van der Waals surface area contributed by atoms with E-state index in [0.717, 1.165) is 39.2 Å². The van der Waals surface area contributed by atoms with E-state index in [4.69, 9.17) is 0 Å². The number of benzene rings is 3. The summed E-state index contributed by atoms with van der Waals surface area (Å²) in [6.45, 7) is 8.01. The van der Waals surface area contributed by atoms with Crippen molar-refractivity contribution in [3.05, 3.63) is 101 Å². The molecule has 3 aromatic carbocycles. The van der Waals surface area contributed by atoms with E-state index >= 15 is 0 Å². The van der Waals surface area contributed by atoms with Crippen LogP contribution in [0.2, 0.25) is 0 Å². The summed E-state index contributed by atoms with van der Waals surface area (Å²) in [6, 6.07) is 22.8. The summed E-state index contributed by atoms with van der Waals surface area (Å²) >= 11 is 0. The normalized spacial score (nSPS) is 17.1. The molecule has 3 aromatic rings. The SMILES string of the molecule is C/C(=C\c1ccccc1)[C@H]1C(=O)N(c2ccc(C)c(C)c2)CC(=O)N1c1ccc(C)cc1. The van der Waals surface area contributed by atoms with E-state index < -0.39 is 6.04 Å². The third-order valence-electron chi connectivity index (χ3n) is 6.06. The fourth-order valence-electron chi connectivity index (χ4n) is 4.09. The Morgan fingerprint density at radius 2 is 1.50 bits per heavy atom. The summed E-state index contributed by atoms with van der Waals surface area (Å²) in [4.78, 5) is 30.5. The van der Waals surface area contributed by atoms with Gasteiger partial charge in [-0.3, -0.25) is 14.5 Å². The molecule has 0 radical (unpaired) electrons. The Labute approximate surface area is 189 Å². The topological polar surface area (TPSA) is 40.6 Å². The molecule has 1 saturated heterocycles. The molecule has 32 heavy (non-hydrogen) atoms. The molecule has 0 saturated carbocycles. The summed E-state index contributed by atoms with van der Waals surface area (Å²) in [5, 5.41) is 0. The van der Waals surface area contributed by atoms with Crippen LogP contribution in [0.3, 0.4) is 0 Å². The highest BCUT2D eigenvalue weighted by Crippen LogP contribution is 2.31. The van der Waals surface area contributed by atoms with Crippen LogP contribution in [0.25, 0.3) is 6.08 Å². The molecule has 4 nitrogen and oxygen atoms in total. The highest BCUT2D eigenvalue weighted by atomic mass is 16.2. The van der Waals surface area contributed by atoms with Gasteiger partial charge in [-0.05, 0) is 74.2 Å². The first-order valence-corrected chi connectivity index (χ1v) is 10.9. The van der Waals surface area contributed by atoms with Crippen molar-refractivity contribution in [3.8, 4) is 0 Å². The average molecular weight is 425 g/mol. The zero-order chi connectivity index (χ0) is 22.8. The zero-order valence-corrected chi connectivity index (χ0v) is 19.0. The van der Waals surface area contributed by atoms with Crippen molar-refractivity contribution in [1.82, 2.24) is 0 Å². The molecular formula is C28H28N2O2. The number of aryl methyl sites for hydroxylation is 3. The van der Waals surface area contributed by atoms with E-state index in [0.29, 0.717) is 0 Å². The highest BCUT2D eigenvalue weighted by Gasteiger charge is 2.41. The lowest BCUT2D eigenvalue weighted by molar-refractivity contribution is -0.127. The minimum absolute atomic E-state index is 0.0182. The fraction of sp³-hybridized carbons (Fsp3) is 0.214. The van der Waals surface area contributed by atoms with Gasteiger partial charge < -0.3 is 4.90 Å². The summed E-state index contributed by atoms with van der Waals surface area (Å²) in [6.07, 6.45) is 1.99. The van der Waals surface area contributed by atoms with E-state index in [1.54, 1.807) is 9.80 Å². The van der Waals surface area contributed by atoms with E-state index in [1.807, 2.05) is 107 Å². The van der Waals surface area contributed by atoms with Crippen LogP contribution in [0.15, 0.2) is 78.4 Å². The van der Waals surface area contributed by atoms with Crippen LogP contribution in [0.4, 0.5) is 11.4 Å². The van der Waals surface area contributed by atoms with Crippen molar-refractivity contribution in [3.63, 3.8) is 0 Å². The number of hydrogen-bond donors (Lipinski definition) is 0. The lowest BCUT2D eigenvalue weighted by Gasteiger charge is -2.41. The van der Waals surface area contributed by atoms with Crippen LogP contribution in [0.1, 0.15) is 29.2 Å². The second kappa shape index (κ2) is 8.83. The lowest BCUT2D eigenvalue weighted by Crippen LogP contribution is -2.61. The molecule has 1 heterocycles. The van der Waals surface area contributed by atoms with Gasteiger partial charge in [0.1, 0.15) is 12.6 Å². The molecule has 162 valence electrons. The van der Waals surface area contributed by atoms with Gasteiger partial charge in [-0.1, -0.05) is 60.2 Å². The number of carbonyl (C=O) groups is 2. The van der Waals surface area contributed by atoms with Gasteiger partial charge in [0.05, 0.1) is 0 Å². The maximum absolute atomic E-state index is 13.8. The van der Waals surface area contributed by atoms with E-state index in [2.05, 4.69) is 0 Å². The van der Waals surface area contributed by atoms with Crippen molar-refractivity contribution in [2.45, 2.75) is 33.7 Å². The summed E-state index contributed by atoms with van der Waals surface area (Å²) in [5.74, 6) is -0.199. The lowest BCUT2D eigenvalue weighted by atomic mass is 9.98. The quantitative estimate of drug-likeness (QED) is 0.558. The minimum atomic E-state index is -0.708. The molecule has 0 aromatic heterocycles. The monoisotopic (exact) mass is 424 g/mol. The molecule has 1 atom stereocenters. The number of carbonyl (C=O) groups excluding carboxylic acids is 2. The molecule has 1 fully saturated rings. The molecule has 4 rings (SSSR count). The van der Waals surface area contributed by atoms with Gasteiger partial charge in [0.15, 0.2) is 0 Å². The molecule has 1 aliphatic rings. The van der Waals surface area contributed by atoms with E-state index in [9.17, 15) is 9.59 Å². The Morgan fingerprint density at radius 1 is 0.844 bits per heavy atom. The van der Waals surface area contributed by atoms with Gasteiger partial charge in [0.2, 0.25) is 5.91 Å². The zero-order valence-electron chi connectivity index (χ0n) is 19.0. The van der Waals surface area contributed by atoms with Gasteiger partial charge >= 0.3 is 0 Å². The number of rotatable bonds is 4. The van der Waals surface area contributed by atoms with Crippen molar-refractivity contribution in [2.24, 2.45) is 0 Å². The van der Waals surface area contributed by atoms with Crippen molar-refractivity contribution in [1.29, 1.82) is 0 Å². The number of piperazine rings is 1. The Morgan fingerprint density at radius 3 is 2.16 bits per heavy atom. The third-order valence-corrected chi connectivity index (χ3v) is 6.06. The Hall–Kier alpha value is -3.66. The molecular weight excluding hydrogens is 396 g/mol. The number of nitrogens with zero attached hydrogens (tertiary/aromatic N) is 2. The van der Waals surface area contributed by atoms with Gasteiger partial charge in [-0.2, -0.15) is 0 Å². The molecule has 2 amide bonds. The standard InChI is InChI=1S/C28H28N2O2/c1-19-10-13-24(14-11-19)30-26(31)18-29(25-15-12-20(2)21(3)17-25)28(32)27(30)22(4)16-23-8-6-5-7-9-23/h5-17,27H,18H2,1-4H3/b22-16+/t27-/m0/s1. The number of amides is 2. The summed E-state index contributed by atoms with van der Waals surface area (Å²) < 4.78 is 0. The van der Waals surface area contributed by atoms with Gasteiger partial charge in [-0.25, -0.2) is 0 Å². The van der Waals surface area contributed by atoms with E-state index in [-0.39, 0.29) is 18.4 Å². The number of anilines is 2. The maximum atomic E-state index is 13.8. The van der Waals surface area contributed by atoms with Crippen molar-refractivity contribution >= 4 is 29.3 Å². The second-order valence-corrected chi connectivity index (χ2v) is 8.49. The van der Waals surface area contributed by atoms with Crippen LogP contribution < -0.4 is 9.80 Å². The first-order valence-electron chi connectivity index (χ1n) is 10.9. The van der Waals surface area contributed by atoms with Crippen LogP contribution in [-0.4, -0.2) is 24.4 Å². The molecule has 0 bridgehead atoms. The van der Waals surface area contributed by atoms with Gasteiger partial charge in [0, 0.05) is 11.4 Å². The average Bonchev–Trinajstić information content (AvgIpc) is 2.78. The smallest absolute Gasteiger partial charge is 0.254 e. The number of hydrogen-bond acceptors (Lipinski definition) is 2. The van der Waals surface area contributed by atoms with Crippen LogP contribution in [0, 0.1) is 20.8 Å². The minimum Gasteiger partial charge on any atom is -0.301 e. The predicted octanol–water partition coefficient (Wildman–Crippen LogP) is 5.46. The second-order valence-electron chi connectivity index (χ2n) is 8.49. The first-order chi connectivity index (χ1) is 15.3. The largest absolute Gasteiger partial charge is 0.301 e. The summed E-state index contributed by atoms with van der Waals surface area (Å²) in [7, 11) is 0. The highest BCUT2D eigenvalue weighted by molar-refractivity contribution is 6.16. The van der Waals surface area contributed by atoms with Crippen LogP contribution in [0.5, 0.6) is 0 Å². The summed E-state index contributed by atoms with van der Waals surface area (Å²) in [5.41, 5.74) is 6.67. The molecule has 0 N–H and O–H groups in total. The van der Waals surface area contributed by atoms with Crippen LogP contribution >= 0.6 is 0 Å².